The number of amides is 1. The van der Waals surface area contributed by atoms with Crippen molar-refractivity contribution in [1.29, 1.82) is 0 Å². The van der Waals surface area contributed by atoms with Crippen LogP contribution in [-0.2, 0) is 4.79 Å². The van der Waals surface area contributed by atoms with E-state index in [1.165, 1.54) is 6.42 Å². The van der Waals surface area contributed by atoms with Crippen LogP contribution >= 0.6 is 0 Å². The highest BCUT2D eigenvalue weighted by atomic mass is 16.2. The Balaban J connectivity index is 1.70. The van der Waals surface area contributed by atoms with Crippen LogP contribution in [0.1, 0.15) is 46.0 Å². The zero-order valence-corrected chi connectivity index (χ0v) is 17.7. The van der Waals surface area contributed by atoms with Gasteiger partial charge in [0.1, 0.15) is 0 Å². The molecule has 1 unspecified atom stereocenters. The van der Waals surface area contributed by atoms with Gasteiger partial charge >= 0.3 is 0 Å². The molecule has 2 heterocycles. The second-order valence-corrected chi connectivity index (χ2v) is 7.88. The smallest absolute Gasteiger partial charge is 0.222 e. The van der Waals surface area contributed by atoms with Gasteiger partial charge in [0.25, 0.3) is 0 Å². The Morgan fingerprint density at radius 3 is 2.63 bits per heavy atom. The number of carbonyl (C=O) groups is 1. The predicted octanol–water partition coefficient (Wildman–Crippen LogP) is 0.970. The van der Waals surface area contributed by atoms with Crippen molar-refractivity contribution < 1.29 is 4.79 Å². The number of likely N-dealkylation sites (N-methyl/N-ethyl adjacent to an activating group) is 1. The predicted molar refractivity (Wildman–Crippen MR) is 112 cm³/mol. The third-order valence-corrected chi connectivity index (χ3v) is 5.59. The van der Waals surface area contributed by atoms with Gasteiger partial charge in [-0.2, -0.15) is 0 Å². The molecule has 0 aromatic carbocycles. The molecule has 7 heteroatoms. The number of guanidine groups is 1. The van der Waals surface area contributed by atoms with Crippen molar-refractivity contribution in [1.82, 2.24) is 25.3 Å². The molecule has 0 spiro atoms. The highest BCUT2D eigenvalue weighted by Gasteiger charge is 2.19. The fourth-order valence-corrected chi connectivity index (χ4v) is 3.70. The van der Waals surface area contributed by atoms with E-state index in [4.69, 9.17) is 4.99 Å². The van der Waals surface area contributed by atoms with Crippen molar-refractivity contribution in [3.05, 3.63) is 0 Å². The molecule has 0 aliphatic carbocycles. The first kappa shape index (κ1) is 22.0. The van der Waals surface area contributed by atoms with E-state index in [-0.39, 0.29) is 0 Å². The van der Waals surface area contributed by atoms with Gasteiger partial charge in [0.2, 0.25) is 5.91 Å². The van der Waals surface area contributed by atoms with E-state index in [1.54, 1.807) is 0 Å². The quantitative estimate of drug-likeness (QED) is 0.373. The van der Waals surface area contributed by atoms with Crippen LogP contribution < -0.4 is 10.6 Å². The number of hydrogen-bond acceptors (Lipinski definition) is 4. The third-order valence-electron chi connectivity index (χ3n) is 5.59. The monoisotopic (exact) mass is 380 g/mol. The summed E-state index contributed by atoms with van der Waals surface area (Å²) in [6.45, 7) is 13.2. The maximum atomic E-state index is 12.1. The number of hydrogen-bond donors (Lipinski definition) is 2. The van der Waals surface area contributed by atoms with Crippen LogP contribution in [0.4, 0.5) is 0 Å². The summed E-state index contributed by atoms with van der Waals surface area (Å²) in [5.41, 5.74) is 0. The Labute approximate surface area is 165 Å². The van der Waals surface area contributed by atoms with Crippen molar-refractivity contribution in [3.63, 3.8) is 0 Å². The minimum absolute atomic E-state index is 0.328. The Morgan fingerprint density at radius 1 is 1.11 bits per heavy atom. The highest BCUT2D eigenvalue weighted by Crippen LogP contribution is 2.11. The van der Waals surface area contributed by atoms with E-state index in [1.807, 2.05) is 4.90 Å². The average molecular weight is 381 g/mol. The zero-order chi connectivity index (χ0) is 19.5. The van der Waals surface area contributed by atoms with Crippen LogP contribution in [0.2, 0.25) is 0 Å². The molecule has 1 amide bonds. The number of piperazine rings is 1. The molecular weight excluding hydrogens is 340 g/mol. The fraction of sp³-hybridized carbons (Fsp3) is 0.900. The molecule has 0 aromatic heterocycles. The second-order valence-electron chi connectivity index (χ2n) is 7.88. The van der Waals surface area contributed by atoms with Crippen LogP contribution in [-0.4, -0.2) is 98.6 Å². The van der Waals surface area contributed by atoms with Crippen LogP contribution in [0.3, 0.4) is 0 Å². The highest BCUT2D eigenvalue weighted by molar-refractivity contribution is 5.79. The molecule has 2 aliphatic rings. The second kappa shape index (κ2) is 12.2. The van der Waals surface area contributed by atoms with Crippen LogP contribution in [0, 0.1) is 0 Å². The summed E-state index contributed by atoms with van der Waals surface area (Å²) in [6.07, 6.45) is 5.07. The molecule has 0 bridgehead atoms. The lowest BCUT2D eigenvalue weighted by Crippen LogP contribution is -2.49. The van der Waals surface area contributed by atoms with Gasteiger partial charge in [-0.1, -0.05) is 6.42 Å². The Hall–Kier alpha value is -1.34. The molecule has 2 aliphatic heterocycles. The van der Waals surface area contributed by atoms with Crippen molar-refractivity contribution >= 4 is 11.9 Å². The maximum Gasteiger partial charge on any atom is 0.222 e. The first-order valence-electron chi connectivity index (χ1n) is 10.8. The lowest BCUT2D eigenvalue weighted by molar-refractivity contribution is -0.130. The lowest BCUT2D eigenvalue weighted by atomic mass is 10.2. The van der Waals surface area contributed by atoms with Crippen molar-refractivity contribution in [2.45, 2.75) is 52.0 Å². The molecule has 0 aromatic rings. The molecule has 2 fully saturated rings. The van der Waals surface area contributed by atoms with Crippen LogP contribution in [0.5, 0.6) is 0 Å². The number of rotatable bonds is 8. The van der Waals surface area contributed by atoms with Gasteiger partial charge in [0.15, 0.2) is 5.96 Å². The van der Waals surface area contributed by atoms with E-state index >= 15 is 0 Å². The third kappa shape index (κ3) is 8.05. The number of carbonyl (C=O) groups excluding carboxylic acids is 1. The summed E-state index contributed by atoms with van der Waals surface area (Å²) in [5, 5.41) is 6.77. The first-order chi connectivity index (χ1) is 13.1. The zero-order valence-electron chi connectivity index (χ0n) is 17.7. The van der Waals surface area contributed by atoms with Gasteiger partial charge in [0, 0.05) is 64.8 Å². The summed E-state index contributed by atoms with van der Waals surface area (Å²) in [6, 6.07) is 0.462. The first-order valence-corrected chi connectivity index (χ1v) is 10.8. The van der Waals surface area contributed by atoms with Gasteiger partial charge < -0.3 is 20.4 Å². The molecule has 2 N–H and O–H groups in total. The van der Waals surface area contributed by atoms with Gasteiger partial charge in [0.05, 0.1) is 6.54 Å². The van der Waals surface area contributed by atoms with E-state index in [2.05, 4.69) is 41.3 Å². The van der Waals surface area contributed by atoms with Gasteiger partial charge in [-0.05, 0) is 40.2 Å². The molecule has 0 radical (unpaired) electrons. The molecule has 27 heavy (non-hydrogen) atoms. The Morgan fingerprint density at radius 2 is 1.89 bits per heavy atom. The number of nitrogens with one attached hydrogen (secondary N) is 2. The number of aliphatic imine (C=N–C) groups is 1. The van der Waals surface area contributed by atoms with Crippen LogP contribution in [0.15, 0.2) is 4.99 Å². The van der Waals surface area contributed by atoms with E-state index < -0.39 is 0 Å². The molecule has 0 saturated carbocycles. The number of likely N-dealkylation sites (tertiary alicyclic amines) is 1. The topological polar surface area (TPSA) is 63.2 Å². The Kier molecular flexibility index (Phi) is 9.91. The van der Waals surface area contributed by atoms with Gasteiger partial charge in [-0.3, -0.25) is 14.7 Å². The van der Waals surface area contributed by atoms with Crippen molar-refractivity contribution in [2.75, 3.05) is 66.0 Å². The fourth-order valence-electron chi connectivity index (χ4n) is 3.70. The Bertz CT molecular complexity index is 461. The summed E-state index contributed by atoms with van der Waals surface area (Å²) >= 11 is 0. The standard InChI is InChI=1S/C20H40N6O/c1-4-21-20(23-17-18(2)25-15-13-24(3)14-16-25)22-10-8-12-26-11-7-5-6-9-19(26)27/h18H,4-17H2,1-3H3,(H2,21,22,23). The number of nitrogens with zero attached hydrogens (tertiary/aromatic N) is 4. The van der Waals surface area contributed by atoms with E-state index in [0.717, 1.165) is 90.5 Å². The molecular formula is C20H40N6O. The summed E-state index contributed by atoms with van der Waals surface area (Å²) in [7, 11) is 2.19. The molecule has 156 valence electrons. The van der Waals surface area contributed by atoms with Gasteiger partial charge in [-0.25, -0.2) is 0 Å². The molecule has 1 atom stereocenters. The van der Waals surface area contributed by atoms with E-state index in [9.17, 15) is 4.79 Å². The van der Waals surface area contributed by atoms with Gasteiger partial charge in [-0.15, -0.1) is 0 Å². The minimum atomic E-state index is 0.328. The normalized spacial score (nSPS) is 21.8. The minimum Gasteiger partial charge on any atom is -0.357 e. The molecule has 2 rings (SSSR count). The van der Waals surface area contributed by atoms with Crippen molar-refractivity contribution in [2.24, 2.45) is 4.99 Å². The molecule has 2 saturated heterocycles. The van der Waals surface area contributed by atoms with E-state index in [0.29, 0.717) is 11.9 Å². The average Bonchev–Trinajstić information content (AvgIpc) is 2.87. The van der Waals surface area contributed by atoms with Crippen molar-refractivity contribution in [3.8, 4) is 0 Å². The SMILES string of the molecule is CCNC(=NCC(C)N1CCN(C)CC1)NCCCN1CCCCCC1=O. The summed E-state index contributed by atoms with van der Waals surface area (Å²) in [5.74, 6) is 1.22. The maximum absolute atomic E-state index is 12.1. The summed E-state index contributed by atoms with van der Waals surface area (Å²) in [4.78, 5) is 23.8. The lowest BCUT2D eigenvalue weighted by Gasteiger charge is -2.35. The van der Waals surface area contributed by atoms with Crippen LogP contribution in [0.25, 0.3) is 0 Å². The largest absolute Gasteiger partial charge is 0.357 e. The summed E-state index contributed by atoms with van der Waals surface area (Å²) < 4.78 is 0. The molecule has 7 nitrogen and oxygen atoms in total.